The summed E-state index contributed by atoms with van der Waals surface area (Å²) in [6, 6.07) is 17.0. The molecule has 0 bridgehead atoms. The molecule has 0 fully saturated rings. The monoisotopic (exact) mass is 434 g/mol. The van der Waals surface area contributed by atoms with Crippen molar-refractivity contribution in [3.8, 4) is 11.8 Å². The number of carbonyl (C=O) groups is 1. The van der Waals surface area contributed by atoms with Gasteiger partial charge < -0.3 is 15.2 Å². The predicted molar refractivity (Wildman–Crippen MR) is 118 cm³/mol. The molecule has 1 unspecified atom stereocenters. The van der Waals surface area contributed by atoms with Gasteiger partial charge in [-0.15, -0.1) is 0 Å². The van der Waals surface area contributed by atoms with Gasteiger partial charge in [0.2, 0.25) is 5.88 Å². The predicted octanol–water partition coefficient (Wildman–Crippen LogP) is 5.37. The Morgan fingerprint density at radius 2 is 1.97 bits per heavy atom. The number of nitrogens with two attached hydrogens (primary N) is 1. The van der Waals surface area contributed by atoms with Crippen LogP contribution in [0.15, 0.2) is 71.3 Å². The second kappa shape index (κ2) is 8.13. The van der Waals surface area contributed by atoms with Gasteiger partial charge in [-0.05, 0) is 40.8 Å². The molecule has 0 spiro atoms. The summed E-state index contributed by atoms with van der Waals surface area (Å²) < 4.78 is 11.6. The van der Waals surface area contributed by atoms with Gasteiger partial charge in [0.05, 0.1) is 5.92 Å². The molecular formula is C25H23ClN2O3. The summed E-state index contributed by atoms with van der Waals surface area (Å²) >= 11 is 5.92. The fourth-order valence-corrected chi connectivity index (χ4v) is 4.30. The maximum atomic E-state index is 13.1. The molecule has 6 heteroatoms. The topological polar surface area (TPSA) is 85.3 Å². The van der Waals surface area contributed by atoms with Crippen molar-refractivity contribution in [3.05, 3.63) is 87.5 Å². The van der Waals surface area contributed by atoms with E-state index >= 15 is 0 Å². The molecule has 2 aliphatic rings. The Bertz CT molecular complexity index is 1140. The van der Waals surface area contributed by atoms with E-state index in [-0.39, 0.29) is 22.7 Å². The third-order valence-corrected chi connectivity index (χ3v) is 5.83. The molecule has 1 aliphatic carbocycles. The van der Waals surface area contributed by atoms with Crippen molar-refractivity contribution >= 4 is 17.4 Å². The molecule has 2 aromatic carbocycles. The number of carbonyl (C=O) groups excluding carboxylic acids is 1. The number of ketones is 1. The third-order valence-electron chi connectivity index (χ3n) is 5.58. The van der Waals surface area contributed by atoms with E-state index in [4.69, 9.17) is 26.8 Å². The molecule has 0 aromatic heterocycles. The number of hydrogen-bond acceptors (Lipinski definition) is 5. The van der Waals surface area contributed by atoms with E-state index in [2.05, 4.69) is 6.07 Å². The summed E-state index contributed by atoms with van der Waals surface area (Å²) in [6.45, 7) is 4.40. The van der Waals surface area contributed by atoms with Crippen molar-refractivity contribution in [1.29, 1.82) is 5.26 Å². The molecular weight excluding hydrogens is 412 g/mol. The number of nitriles is 1. The van der Waals surface area contributed by atoms with Gasteiger partial charge in [0, 0.05) is 23.4 Å². The standard InChI is InChI=1S/C25H23ClN2O3/c1-25(2)11-20(29)23-21(12-25)31-24(28)19(13-27)22(23)16-5-3-4-15(10-16)14-30-18-8-6-17(26)7-9-18/h3-10,22H,11-12,14,28H2,1-2H3. The number of hydrogen-bond donors (Lipinski definition) is 1. The molecule has 0 radical (unpaired) electrons. The minimum atomic E-state index is -0.534. The maximum Gasteiger partial charge on any atom is 0.205 e. The van der Waals surface area contributed by atoms with Crippen molar-refractivity contribution < 1.29 is 14.3 Å². The number of halogens is 1. The molecule has 0 amide bonds. The molecule has 0 saturated carbocycles. The van der Waals surface area contributed by atoms with Crippen LogP contribution in [0, 0.1) is 16.7 Å². The molecule has 1 heterocycles. The van der Waals surface area contributed by atoms with E-state index in [9.17, 15) is 10.1 Å². The van der Waals surface area contributed by atoms with Crippen LogP contribution in [0.3, 0.4) is 0 Å². The summed E-state index contributed by atoms with van der Waals surface area (Å²) in [5.74, 6) is 0.815. The number of rotatable bonds is 4. The molecule has 1 atom stereocenters. The highest BCUT2D eigenvalue weighted by molar-refractivity contribution is 6.30. The first-order chi connectivity index (χ1) is 14.8. The van der Waals surface area contributed by atoms with Crippen molar-refractivity contribution in [3.63, 3.8) is 0 Å². The van der Waals surface area contributed by atoms with Gasteiger partial charge in [-0.2, -0.15) is 5.26 Å². The number of Topliss-reactive ketones (excluding diaryl/α,β-unsaturated/α-hetero) is 1. The van der Waals surface area contributed by atoms with E-state index in [1.54, 1.807) is 24.3 Å². The second-order valence-electron chi connectivity index (χ2n) is 8.69. The fourth-order valence-electron chi connectivity index (χ4n) is 4.18. The number of benzene rings is 2. The highest BCUT2D eigenvalue weighted by Crippen LogP contribution is 2.47. The minimum absolute atomic E-state index is 0.000632. The number of nitrogens with zero attached hydrogens (tertiary/aromatic N) is 1. The number of ether oxygens (including phenoxy) is 2. The average molecular weight is 435 g/mol. The normalized spacial score (nSPS) is 20.1. The first-order valence-electron chi connectivity index (χ1n) is 10.1. The van der Waals surface area contributed by atoms with Crippen LogP contribution in [0.5, 0.6) is 5.75 Å². The van der Waals surface area contributed by atoms with Gasteiger partial charge in [-0.25, -0.2) is 0 Å². The first kappa shape index (κ1) is 21.0. The van der Waals surface area contributed by atoms with Gasteiger partial charge >= 0.3 is 0 Å². The van der Waals surface area contributed by atoms with Crippen molar-refractivity contribution in [2.24, 2.45) is 11.1 Å². The zero-order valence-electron chi connectivity index (χ0n) is 17.4. The second-order valence-corrected chi connectivity index (χ2v) is 9.13. The van der Waals surface area contributed by atoms with E-state index in [0.29, 0.717) is 41.6 Å². The Hall–Kier alpha value is -3.23. The third kappa shape index (κ3) is 4.30. The van der Waals surface area contributed by atoms with E-state index < -0.39 is 5.92 Å². The first-order valence-corrected chi connectivity index (χ1v) is 10.5. The summed E-state index contributed by atoms with van der Waals surface area (Å²) in [6.07, 6.45) is 1.01. The zero-order chi connectivity index (χ0) is 22.2. The quantitative estimate of drug-likeness (QED) is 0.699. The summed E-state index contributed by atoms with van der Waals surface area (Å²) in [5, 5.41) is 10.4. The van der Waals surface area contributed by atoms with Crippen LogP contribution in [0.25, 0.3) is 0 Å². The van der Waals surface area contributed by atoms with Gasteiger partial charge in [0.25, 0.3) is 0 Å². The summed E-state index contributed by atoms with van der Waals surface area (Å²) in [5.41, 5.74) is 8.43. The van der Waals surface area contributed by atoms with Crippen LogP contribution >= 0.6 is 11.6 Å². The van der Waals surface area contributed by atoms with Crippen LogP contribution in [0.1, 0.15) is 43.7 Å². The highest BCUT2D eigenvalue weighted by atomic mass is 35.5. The molecule has 0 saturated heterocycles. The number of allylic oxidation sites excluding steroid dienone is 3. The zero-order valence-corrected chi connectivity index (χ0v) is 18.2. The minimum Gasteiger partial charge on any atom is -0.489 e. The van der Waals surface area contributed by atoms with E-state index in [0.717, 1.165) is 11.1 Å². The van der Waals surface area contributed by atoms with Crippen molar-refractivity contribution in [2.75, 3.05) is 0 Å². The lowest BCUT2D eigenvalue weighted by atomic mass is 9.70. The lowest BCUT2D eigenvalue weighted by molar-refractivity contribution is -0.119. The Morgan fingerprint density at radius 1 is 1.23 bits per heavy atom. The van der Waals surface area contributed by atoms with Crippen molar-refractivity contribution in [2.45, 2.75) is 39.2 Å². The molecule has 1 aliphatic heterocycles. The van der Waals surface area contributed by atoms with Gasteiger partial charge in [0.1, 0.15) is 29.8 Å². The molecule has 2 aromatic rings. The fraction of sp³-hybridized carbons (Fsp3) is 0.280. The molecule has 31 heavy (non-hydrogen) atoms. The highest BCUT2D eigenvalue weighted by Gasteiger charge is 2.42. The molecule has 158 valence electrons. The van der Waals surface area contributed by atoms with Crippen LogP contribution in [0.4, 0.5) is 0 Å². The largest absolute Gasteiger partial charge is 0.489 e. The Labute approximate surface area is 186 Å². The average Bonchev–Trinajstić information content (AvgIpc) is 2.71. The Kier molecular flexibility index (Phi) is 5.51. The summed E-state index contributed by atoms with van der Waals surface area (Å²) in [4.78, 5) is 13.1. The summed E-state index contributed by atoms with van der Waals surface area (Å²) in [7, 11) is 0. The lowest BCUT2D eigenvalue weighted by Crippen LogP contribution is -2.33. The Morgan fingerprint density at radius 3 is 2.68 bits per heavy atom. The van der Waals surface area contributed by atoms with Gasteiger partial charge in [-0.3, -0.25) is 4.79 Å². The molecule has 4 rings (SSSR count). The van der Waals surface area contributed by atoms with Crippen LogP contribution in [-0.4, -0.2) is 5.78 Å². The Balaban J connectivity index is 1.67. The van der Waals surface area contributed by atoms with Gasteiger partial charge in [0.15, 0.2) is 5.78 Å². The van der Waals surface area contributed by atoms with E-state index in [1.165, 1.54) is 0 Å². The molecule has 5 nitrogen and oxygen atoms in total. The van der Waals surface area contributed by atoms with Crippen LogP contribution in [0.2, 0.25) is 5.02 Å². The SMILES string of the molecule is CC1(C)CC(=O)C2=C(C1)OC(N)=C(C#N)C2c1cccc(COc2ccc(Cl)cc2)c1. The lowest BCUT2D eigenvalue weighted by Gasteiger charge is -2.37. The maximum absolute atomic E-state index is 13.1. The van der Waals surface area contributed by atoms with Crippen molar-refractivity contribution in [1.82, 2.24) is 0 Å². The van der Waals surface area contributed by atoms with E-state index in [1.807, 2.05) is 38.1 Å². The van der Waals surface area contributed by atoms with Crippen LogP contribution < -0.4 is 10.5 Å². The molecule has 2 N–H and O–H groups in total. The van der Waals surface area contributed by atoms with Gasteiger partial charge in [-0.1, -0.05) is 49.7 Å². The van der Waals surface area contributed by atoms with Crippen LogP contribution in [-0.2, 0) is 16.1 Å². The smallest absolute Gasteiger partial charge is 0.205 e.